The highest BCUT2D eigenvalue weighted by Crippen LogP contribution is 2.10. The largest absolute Gasteiger partial charge is 0.308 e. The van der Waals surface area contributed by atoms with Gasteiger partial charge in [0.25, 0.3) is 0 Å². The molecule has 1 N–H and O–H groups in total. The molecule has 1 atom stereocenters. The van der Waals surface area contributed by atoms with E-state index in [0.29, 0.717) is 13.0 Å². The van der Waals surface area contributed by atoms with Crippen LogP contribution in [0.3, 0.4) is 0 Å². The maximum absolute atomic E-state index is 13.5. The Balaban J connectivity index is 1.90. The Hall–Kier alpha value is -1.74. The summed E-state index contributed by atoms with van der Waals surface area (Å²) in [5.41, 5.74) is 2.97. The van der Waals surface area contributed by atoms with Gasteiger partial charge in [0.2, 0.25) is 0 Å². The van der Waals surface area contributed by atoms with Crippen molar-refractivity contribution in [1.29, 1.82) is 0 Å². The van der Waals surface area contributed by atoms with Crippen LogP contribution in [-0.2, 0) is 13.0 Å². The molecule has 0 spiro atoms. The number of nitrogens with zero attached hydrogens (tertiary/aromatic N) is 1. The minimum Gasteiger partial charge on any atom is -0.308 e. The van der Waals surface area contributed by atoms with Crippen LogP contribution in [0.5, 0.6) is 0 Å². The number of hydrogen-bond donors (Lipinski definition) is 1. The van der Waals surface area contributed by atoms with Gasteiger partial charge in [0.15, 0.2) is 0 Å². The zero-order valence-electron chi connectivity index (χ0n) is 11.4. The van der Waals surface area contributed by atoms with Crippen molar-refractivity contribution in [3.63, 3.8) is 0 Å². The lowest BCUT2D eigenvalue weighted by Crippen LogP contribution is -2.28. The van der Waals surface area contributed by atoms with Crippen LogP contribution in [0, 0.1) is 12.7 Å². The van der Waals surface area contributed by atoms with Crippen molar-refractivity contribution < 1.29 is 4.39 Å². The van der Waals surface area contributed by atoms with Crippen molar-refractivity contribution in [3.8, 4) is 0 Å². The third kappa shape index (κ3) is 3.86. The molecular formula is C16H19FN2. The lowest BCUT2D eigenvalue weighted by molar-refractivity contribution is 0.521. The molecule has 3 heteroatoms. The zero-order chi connectivity index (χ0) is 13.7. The van der Waals surface area contributed by atoms with E-state index in [1.54, 1.807) is 12.3 Å². The fourth-order valence-corrected chi connectivity index (χ4v) is 2.04. The third-order valence-electron chi connectivity index (χ3n) is 3.22. The van der Waals surface area contributed by atoms with Gasteiger partial charge >= 0.3 is 0 Å². The van der Waals surface area contributed by atoms with Gasteiger partial charge in [-0.25, -0.2) is 4.39 Å². The van der Waals surface area contributed by atoms with Gasteiger partial charge in [-0.1, -0.05) is 24.3 Å². The van der Waals surface area contributed by atoms with Crippen molar-refractivity contribution in [1.82, 2.24) is 10.3 Å². The topological polar surface area (TPSA) is 24.9 Å². The highest BCUT2D eigenvalue weighted by Gasteiger charge is 2.08. The number of halogens is 1. The number of nitrogens with one attached hydrogen (secondary N) is 1. The summed E-state index contributed by atoms with van der Waals surface area (Å²) in [6.45, 7) is 4.82. The van der Waals surface area contributed by atoms with E-state index < -0.39 is 0 Å². The smallest absolute Gasteiger partial charge is 0.126 e. The Bertz CT molecular complexity index is 540. The number of benzene rings is 1. The van der Waals surface area contributed by atoms with E-state index in [1.807, 2.05) is 31.2 Å². The van der Waals surface area contributed by atoms with Crippen LogP contribution in [0.15, 0.2) is 42.6 Å². The summed E-state index contributed by atoms with van der Waals surface area (Å²) in [5, 5.41) is 3.39. The molecule has 2 aromatic rings. The molecule has 2 nitrogen and oxygen atoms in total. The van der Waals surface area contributed by atoms with Crippen LogP contribution >= 0.6 is 0 Å². The van der Waals surface area contributed by atoms with Crippen LogP contribution in [-0.4, -0.2) is 11.0 Å². The highest BCUT2D eigenvalue weighted by atomic mass is 19.1. The van der Waals surface area contributed by atoms with E-state index in [9.17, 15) is 4.39 Å². The number of hydrogen-bond acceptors (Lipinski definition) is 2. The molecule has 0 aliphatic carbocycles. The normalized spacial score (nSPS) is 12.4. The molecule has 1 aromatic carbocycles. The lowest BCUT2D eigenvalue weighted by Gasteiger charge is -2.14. The Morgan fingerprint density at radius 3 is 2.74 bits per heavy atom. The maximum Gasteiger partial charge on any atom is 0.126 e. The van der Waals surface area contributed by atoms with Crippen LogP contribution in [0.2, 0.25) is 0 Å². The second-order valence-electron chi connectivity index (χ2n) is 4.84. The van der Waals surface area contributed by atoms with Gasteiger partial charge in [0, 0.05) is 18.8 Å². The summed E-state index contributed by atoms with van der Waals surface area (Å²) in [6.07, 6.45) is 2.48. The summed E-state index contributed by atoms with van der Waals surface area (Å²) >= 11 is 0. The average molecular weight is 258 g/mol. The standard InChI is InChI=1S/C16H19FN2/c1-12-6-5-9-18-16(12)11-19-13(2)10-14-7-3-4-8-15(14)17/h3-9,13,19H,10-11H2,1-2H3. The van der Waals surface area contributed by atoms with Crippen LogP contribution < -0.4 is 5.32 Å². The molecule has 100 valence electrons. The Labute approximate surface area is 113 Å². The molecule has 2 rings (SSSR count). The lowest BCUT2D eigenvalue weighted by atomic mass is 10.1. The molecule has 1 unspecified atom stereocenters. The second kappa shape index (κ2) is 6.43. The minimum absolute atomic E-state index is 0.134. The van der Waals surface area contributed by atoms with E-state index in [1.165, 1.54) is 11.6 Å². The van der Waals surface area contributed by atoms with Crippen LogP contribution in [0.25, 0.3) is 0 Å². The molecule has 0 amide bonds. The van der Waals surface area contributed by atoms with Crippen molar-refractivity contribution >= 4 is 0 Å². The Morgan fingerprint density at radius 1 is 1.21 bits per heavy atom. The molecule has 0 fully saturated rings. The number of pyridine rings is 1. The van der Waals surface area contributed by atoms with Crippen molar-refractivity contribution in [2.75, 3.05) is 0 Å². The first-order chi connectivity index (χ1) is 9.16. The summed E-state index contributed by atoms with van der Waals surface area (Å²) in [4.78, 5) is 4.34. The molecule has 1 heterocycles. The molecule has 0 aliphatic rings. The van der Waals surface area contributed by atoms with Gasteiger partial charge in [-0.2, -0.15) is 0 Å². The van der Waals surface area contributed by atoms with Gasteiger partial charge in [-0.15, -0.1) is 0 Å². The Kier molecular flexibility index (Phi) is 4.63. The van der Waals surface area contributed by atoms with Gasteiger partial charge in [-0.05, 0) is 43.5 Å². The highest BCUT2D eigenvalue weighted by molar-refractivity contribution is 5.19. The summed E-state index contributed by atoms with van der Waals surface area (Å²) in [5.74, 6) is -0.134. The number of aryl methyl sites for hydroxylation is 1. The molecule has 0 bridgehead atoms. The summed E-state index contributed by atoms with van der Waals surface area (Å²) in [6, 6.07) is 11.1. The monoisotopic (exact) mass is 258 g/mol. The second-order valence-corrected chi connectivity index (χ2v) is 4.84. The van der Waals surface area contributed by atoms with E-state index in [2.05, 4.69) is 17.2 Å². The average Bonchev–Trinajstić information content (AvgIpc) is 2.40. The minimum atomic E-state index is -0.134. The molecule has 1 aromatic heterocycles. The molecular weight excluding hydrogens is 239 g/mol. The first kappa shape index (κ1) is 13.7. The molecule has 0 saturated heterocycles. The third-order valence-corrected chi connectivity index (χ3v) is 3.22. The van der Waals surface area contributed by atoms with E-state index in [0.717, 1.165) is 11.3 Å². The predicted octanol–water partition coefficient (Wildman–Crippen LogP) is 3.25. The zero-order valence-corrected chi connectivity index (χ0v) is 11.4. The quantitative estimate of drug-likeness (QED) is 0.890. The van der Waals surface area contributed by atoms with Crippen molar-refractivity contribution in [2.45, 2.75) is 32.9 Å². The summed E-state index contributed by atoms with van der Waals surface area (Å²) < 4.78 is 13.5. The fourth-order valence-electron chi connectivity index (χ4n) is 2.04. The Morgan fingerprint density at radius 2 is 2.00 bits per heavy atom. The van der Waals surface area contributed by atoms with Gasteiger partial charge in [0.1, 0.15) is 5.82 Å². The molecule has 0 aliphatic heterocycles. The van der Waals surface area contributed by atoms with Gasteiger partial charge < -0.3 is 5.32 Å². The number of rotatable bonds is 5. The van der Waals surface area contributed by atoms with E-state index in [-0.39, 0.29) is 11.9 Å². The fraction of sp³-hybridized carbons (Fsp3) is 0.312. The molecule has 19 heavy (non-hydrogen) atoms. The summed E-state index contributed by atoms with van der Waals surface area (Å²) in [7, 11) is 0. The van der Waals surface area contributed by atoms with Crippen LogP contribution in [0.4, 0.5) is 4.39 Å². The maximum atomic E-state index is 13.5. The predicted molar refractivity (Wildman–Crippen MR) is 75.4 cm³/mol. The van der Waals surface area contributed by atoms with E-state index >= 15 is 0 Å². The van der Waals surface area contributed by atoms with E-state index in [4.69, 9.17) is 0 Å². The van der Waals surface area contributed by atoms with Gasteiger partial charge in [0.05, 0.1) is 5.69 Å². The van der Waals surface area contributed by atoms with Crippen LogP contribution in [0.1, 0.15) is 23.7 Å². The molecule has 0 saturated carbocycles. The first-order valence-corrected chi connectivity index (χ1v) is 6.54. The van der Waals surface area contributed by atoms with Crippen molar-refractivity contribution in [2.24, 2.45) is 0 Å². The first-order valence-electron chi connectivity index (χ1n) is 6.54. The molecule has 0 radical (unpaired) electrons. The SMILES string of the molecule is Cc1cccnc1CNC(C)Cc1ccccc1F. The van der Waals surface area contributed by atoms with Gasteiger partial charge in [-0.3, -0.25) is 4.98 Å². The van der Waals surface area contributed by atoms with Crippen molar-refractivity contribution in [3.05, 3.63) is 65.2 Å². The number of aromatic nitrogens is 1.